The third-order valence-electron chi connectivity index (χ3n) is 2.95. The molecular formula is C11H10ClN3OS. The summed E-state index contributed by atoms with van der Waals surface area (Å²) in [5.74, 6) is 0. The van der Waals surface area contributed by atoms with Crippen molar-refractivity contribution in [3.05, 3.63) is 32.8 Å². The van der Waals surface area contributed by atoms with Gasteiger partial charge in [-0.15, -0.1) is 0 Å². The van der Waals surface area contributed by atoms with Crippen LogP contribution in [0.15, 0.2) is 16.0 Å². The Labute approximate surface area is 107 Å². The van der Waals surface area contributed by atoms with Gasteiger partial charge in [0.25, 0.3) is 5.56 Å². The maximum Gasteiger partial charge on any atom is 0.263 e. The normalized spacial score (nSPS) is 14.2. The first-order valence-corrected chi connectivity index (χ1v) is 6.96. The van der Waals surface area contributed by atoms with Gasteiger partial charge in [-0.05, 0) is 25.5 Å². The fraction of sp³-hybridized carbons (Fsp3) is 0.364. The Hall–Kier alpha value is -1.07. The Morgan fingerprint density at radius 2 is 2.24 bits per heavy atom. The van der Waals surface area contributed by atoms with Crippen LogP contribution in [0.5, 0.6) is 0 Å². The molecule has 0 saturated carbocycles. The molecule has 0 N–H and O–H groups in total. The number of aromatic nitrogens is 3. The van der Waals surface area contributed by atoms with Crippen LogP contribution in [0.4, 0.5) is 0 Å². The van der Waals surface area contributed by atoms with Crippen molar-refractivity contribution in [3.8, 4) is 0 Å². The highest BCUT2D eigenvalue weighted by molar-refractivity contribution is 7.98. The monoisotopic (exact) mass is 267 g/mol. The predicted octanol–water partition coefficient (Wildman–Crippen LogP) is 1.95. The molecule has 88 valence electrons. The van der Waals surface area contributed by atoms with Gasteiger partial charge in [0, 0.05) is 11.6 Å². The topological polar surface area (TPSA) is 47.3 Å². The van der Waals surface area contributed by atoms with Gasteiger partial charge in [-0.3, -0.25) is 4.79 Å². The molecule has 0 radical (unpaired) electrons. The van der Waals surface area contributed by atoms with Crippen molar-refractivity contribution in [2.24, 2.45) is 0 Å². The molecule has 0 fully saturated rings. The molecule has 17 heavy (non-hydrogen) atoms. The van der Waals surface area contributed by atoms with Crippen molar-refractivity contribution < 1.29 is 0 Å². The van der Waals surface area contributed by atoms with Crippen LogP contribution in [0.25, 0.3) is 5.65 Å². The van der Waals surface area contributed by atoms with E-state index in [9.17, 15) is 4.79 Å². The summed E-state index contributed by atoms with van der Waals surface area (Å²) in [7, 11) is 0. The number of hydrogen-bond donors (Lipinski definition) is 0. The lowest BCUT2D eigenvalue weighted by Crippen LogP contribution is -2.22. The zero-order valence-corrected chi connectivity index (χ0v) is 10.8. The molecule has 6 heteroatoms. The Bertz CT molecular complexity index is 668. The minimum atomic E-state index is 0.0102. The number of hydrogen-bond acceptors (Lipinski definition) is 4. The van der Waals surface area contributed by atoms with Crippen molar-refractivity contribution in [2.75, 3.05) is 6.26 Å². The lowest BCUT2D eigenvalue weighted by atomic mass is 10.2. The highest BCUT2D eigenvalue weighted by Crippen LogP contribution is 2.21. The first-order chi connectivity index (χ1) is 8.20. The van der Waals surface area contributed by atoms with E-state index in [1.54, 1.807) is 10.5 Å². The van der Waals surface area contributed by atoms with Gasteiger partial charge in [0.1, 0.15) is 10.8 Å². The molecule has 0 aliphatic heterocycles. The molecule has 0 amide bonds. The summed E-state index contributed by atoms with van der Waals surface area (Å²) >= 11 is 7.33. The SMILES string of the molecule is CSc1nc(Cl)cc2nc3c(c(=O)n12)CCC3. The van der Waals surface area contributed by atoms with E-state index in [-0.39, 0.29) is 5.56 Å². The van der Waals surface area contributed by atoms with Crippen molar-refractivity contribution in [1.29, 1.82) is 0 Å². The summed E-state index contributed by atoms with van der Waals surface area (Å²) in [6.45, 7) is 0. The van der Waals surface area contributed by atoms with E-state index in [1.807, 2.05) is 6.26 Å². The van der Waals surface area contributed by atoms with Crippen molar-refractivity contribution in [1.82, 2.24) is 14.4 Å². The van der Waals surface area contributed by atoms with Crippen LogP contribution in [-0.2, 0) is 12.8 Å². The van der Waals surface area contributed by atoms with Gasteiger partial charge in [-0.2, -0.15) is 0 Å². The zero-order chi connectivity index (χ0) is 12.0. The van der Waals surface area contributed by atoms with Gasteiger partial charge in [-0.25, -0.2) is 14.4 Å². The summed E-state index contributed by atoms with van der Waals surface area (Å²) in [5.41, 5.74) is 2.36. The number of halogens is 1. The summed E-state index contributed by atoms with van der Waals surface area (Å²) in [4.78, 5) is 21.0. The van der Waals surface area contributed by atoms with Crippen LogP contribution in [0.1, 0.15) is 17.7 Å². The Morgan fingerprint density at radius 1 is 1.41 bits per heavy atom. The molecule has 3 rings (SSSR count). The summed E-state index contributed by atoms with van der Waals surface area (Å²) in [5, 5.41) is 0.971. The first-order valence-electron chi connectivity index (χ1n) is 5.36. The second kappa shape index (κ2) is 3.99. The number of rotatable bonds is 1. The number of nitrogens with zero attached hydrogens (tertiary/aromatic N) is 3. The molecular weight excluding hydrogens is 258 g/mol. The van der Waals surface area contributed by atoms with Crippen LogP contribution in [0, 0.1) is 0 Å². The van der Waals surface area contributed by atoms with Gasteiger partial charge < -0.3 is 0 Å². The van der Waals surface area contributed by atoms with E-state index in [0.29, 0.717) is 16.0 Å². The van der Waals surface area contributed by atoms with Crippen LogP contribution < -0.4 is 5.56 Å². The fourth-order valence-electron chi connectivity index (χ4n) is 2.21. The van der Waals surface area contributed by atoms with Crippen molar-refractivity contribution >= 4 is 29.0 Å². The maximum atomic E-state index is 12.3. The lowest BCUT2D eigenvalue weighted by molar-refractivity contribution is 0.833. The fourth-order valence-corrected chi connectivity index (χ4v) is 2.98. The molecule has 2 aromatic rings. The average molecular weight is 268 g/mol. The highest BCUT2D eigenvalue weighted by atomic mass is 35.5. The quantitative estimate of drug-likeness (QED) is 0.450. The highest BCUT2D eigenvalue weighted by Gasteiger charge is 2.19. The van der Waals surface area contributed by atoms with E-state index in [4.69, 9.17) is 11.6 Å². The van der Waals surface area contributed by atoms with E-state index < -0.39 is 0 Å². The number of aryl methyl sites for hydroxylation is 1. The van der Waals surface area contributed by atoms with E-state index in [1.165, 1.54) is 11.8 Å². The van der Waals surface area contributed by atoms with Gasteiger partial charge in [-0.1, -0.05) is 23.4 Å². The molecule has 0 spiro atoms. The van der Waals surface area contributed by atoms with Crippen molar-refractivity contribution in [2.45, 2.75) is 24.4 Å². The molecule has 4 nitrogen and oxygen atoms in total. The predicted molar refractivity (Wildman–Crippen MR) is 68.1 cm³/mol. The van der Waals surface area contributed by atoms with Crippen LogP contribution in [0.2, 0.25) is 5.15 Å². The average Bonchev–Trinajstić information content (AvgIpc) is 2.76. The Kier molecular flexibility index (Phi) is 2.60. The molecule has 0 bridgehead atoms. The van der Waals surface area contributed by atoms with Crippen LogP contribution in [0.3, 0.4) is 0 Å². The second-order valence-electron chi connectivity index (χ2n) is 3.95. The molecule has 0 saturated heterocycles. The van der Waals surface area contributed by atoms with Gasteiger partial charge >= 0.3 is 0 Å². The number of fused-ring (bicyclic) bond motifs is 2. The van der Waals surface area contributed by atoms with E-state index in [2.05, 4.69) is 9.97 Å². The van der Waals surface area contributed by atoms with Crippen molar-refractivity contribution in [3.63, 3.8) is 0 Å². The first kappa shape index (κ1) is 11.0. The van der Waals surface area contributed by atoms with E-state index >= 15 is 0 Å². The largest absolute Gasteiger partial charge is 0.268 e. The molecule has 2 aromatic heterocycles. The standard InChI is InChI=1S/C11H10ClN3OS/c1-17-11-14-8(12)5-9-13-7-4-2-3-6(7)10(16)15(9)11/h5H,2-4H2,1H3. The molecule has 2 heterocycles. The van der Waals surface area contributed by atoms with Gasteiger partial charge in [0.2, 0.25) is 0 Å². The maximum absolute atomic E-state index is 12.3. The minimum Gasteiger partial charge on any atom is -0.268 e. The lowest BCUT2D eigenvalue weighted by Gasteiger charge is -2.07. The van der Waals surface area contributed by atoms with Gasteiger partial charge in [0.15, 0.2) is 5.16 Å². The summed E-state index contributed by atoms with van der Waals surface area (Å²) in [6, 6.07) is 1.64. The second-order valence-corrected chi connectivity index (χ2v) is 5.12. The van der Waals surface area contributed by atoms with Gasteiger partial charge in [0.05, 0.1) is 5.69 Å². The molecule has 1 aliphatic carbocycles. The van der Waals surface area contributed by atoms with Crippen LogP contribution >= 0.6 is 23.4 Å². The Morgan fingerprint density at radius 3 is 3.00 bits per heavy atom. The molecule has 0 aromatic carbocycles. The number of thioether (sulfide) groups is 1. The molecule has 1 aliphatic rings. The molecule has 0 unspecified atom stereocenters. The zero-order valence-electron chi connectivity index (χ0n) is 9.23. The Balaban J connectivity index is 2.47. The molecule has 0 atom stereocenters. The third-order valence-corrected chi connectivity index (χ3v) is 3.79. The summed E-state index contributed by atoms with van der Waals surface area (Å²) in [6.07, 6.45) is 4.58. The smallest absolute Gasteiger partial charge is 0.263 e. The minimum absolute atomic E-state index is 0.0102. The van der Waals surface area contributed by atoms with Crippen LogP contribution in [-0.4, -0.2) is 20.6 Å². The summed E-state index contributed by atoms with van der Waals surface area (Å²) < 4.78 is 1.56. The van der Waals surface area contributed by atoms with E-state index in [0.717, 1.165) is 30.5 Å². The third kappa shape index (κ3) is 1.65.